The minimum absolute atomic E-state index is 0.213. The Kier molecular flexibility index (Phi) is 6.81. The van der Waals surface area contributed by atoms with Crippen LogP contribution in [0.3, 0.4) is 0 Å². The molecule has 1 aliphatic heterocycles. The number of nitrogens with zero attached hydrogens (tertiary/aromatic N) is 6. The fourth-order valence-corrected chi connectivity index (χ4v) is 4.34. The molecule has 1 saturated heterocycles. The van der Waals surface area contributed by atoms with Crippen molar-refractivity contribution in [1.82, 2.24) is 20.2 Å². The van der Waals surface area contributed by atoms with Gasteiger partial charge >= 0.3 is 0 Å². The van der Waals surface area contributed by atoms with Crippen LogP contribution in [0.4, 0.5) is 11.6 Å². The summed E-state index contributed by atoms with van der Waals surface area (Å²) in [5, 5.41) is 28.0. The summed E-state index contributed by atoms with van der Waals surface area (Å²) in [6, 6.07) is 0.213. The summed E-state index contributed by atoms with van der Waals surface area (Å²) in [6.07, 6.45) is 12.0. The molecule has 3 heterocycles. The second-order valence-corrected chi connectivity index (χ2v) is 8.64. The SMILES string of the molecule is Cc1c(CC2=CCCC=C2)nnc(N2CCN(c3cnc(C(O)CO)cn3)C(C)C2)c1C. The first-order chi connectivity index (χ1) is 15.5. The lowest BCUT2D eigenvalue weighted by Crippen LogP contribution is -2.53. The van der Waals surface area contributed by atoms with Crippen molar-refractivity contribution in [3.63, 3.8) is 0 Å². The summed E-state index contributed by atoms with van der Waals surface area (Å²) in [7, 11) is 0. The monoisotopic (exact) mass is 436 g/mol. The molecule has 0 amide bonds. The molecule has 2 unspecified atom stereocenters. The maximum absolute atomic E-state index is 9.71. The number of allylic oxidation sites excluding steroid dienone is 4. The average Bonchev–Trinajstić information content (AvgIpc) is 2.82. The van der Waals surface area contributed by atoms with Crippen LogP contribution in [-0.2, 0) is 6.42 Å². The summed E-state index contributed by atoms with van der Waals surface area (Å²) >= 11 is 0. The zero-order valence-corrected chi connectivity index (χ0v) is 19.1. The predicted octanol–water partition coefficient (Wildman–Crippen LogP) is 2.44. The molecule has 2 atom stereocenters. The standard InChI is InChI=1S/C24H32N6O2/c1-16-14-29(9-10-30(16)23-13-25-21(12-26-23)22(32)15-31)24-18(3)17(2)20(27-28-24)11-19-7-5-4-6-8-19/h5,7-8,12-13,16,22,31-32H,4,6,9-11,14-15H2,1-3H3. The molecule has 0 bridgehead atoms. The van der Waals surface area contributed by atoms with Gasteiger partial charge < -0.3 is 20.0 Å². The molecule has 32 heavy (non-hydrogen) atoms. The highest BCUT2D eigenvalue weighted by atomic mass is 16.3. The van der Waals surface area contributed by atoms with Gasteiger partial charge in [-0.2, -0.15) is 5.10 Å². The van der Waals surface area contributed by atoms with Gasteiger partial charge in [0.2, 0.25) is 0 Å². The maximum atomic E-state index is 9.71. The third-order valence-corrected chi connectivity index (χ3v) is 6.43. The van der Waals surface area contributed by atoms with Crippen LogP contribution < -0.4 is 9.80 Å². The van der Waals surface area contributed by atoms with Gasteiger partial charge in [0.15, 0.2) is 5.82 Å². The minimum atomic E-state index is -0.996. The quantitative estimate of drug-likeness (QED) is 0.713. The van der Waals surface area contributed by atoms with E-state index in [1.807, 2.05) is 0 Å². The Morgan fingerprint density at radius 2 is 1.94 bits per heavy atom. The topological polar surface area (TPSA) is 98.5 Å². The van der Waals surface area contributed by atoms with Crippen molar-refractivity contribution in [1.29, 1.82) is 0 Å². The van der Waals surface area contributed by atoms with Gasteiger partial charge in [0.1, 0.15) is 11.9 Å². The van der Waals surface area contributed by atoms with Crippen molar-refractivity contribution in [2.75, 3.05) is 36.0 Å². The number of aliphatic hydroxyl groups excluding tert-OH is 2. The third-order valence-electron chi connectivity index (χ3n) is 6.43. The Morgan fingerprint density at radius 3 is 2.59 bits per heavy atom. The zero-order valence-electron chi connectivity index (χ0n) is 19.1. The Bertz CT molecular complexity index is 1000. The van der Waals surface area contributed by atoms with Crippen LogP contribution in [0.1, 0.15) is 48.4 Å². The second-order valence-electron chi connectivity index (χ2n) is 8.64. The highest BCUT2D eigenvalue weighted by Crippen LogP contribution is 2.27. The van der Waals surface area contributed by atoms with E-state index < -0.39 is 6.10 Å². The molecule has 0 saturated carbocycles. The molecular formula is C24H32N6O2. The predicted molar refractivity (Wildman–Crippen MR) is 125 cm³/mol. The summed E-state index contributed by atoms with van der Waals surface area (Å²) in [5.74, 6) is 1.73. The molecule has 1 aliphatic carbocycles. The van der Waals surface area contributed by atoms with Crippen LogP contribution >= 0.6 is 0 Å². The van der Waals surface area contributed by atoms with E-state index in [4.69, 9.17) is 5.11 Å². The van der Waals surface area contributed by atoms with Gasteiger partial charge in [0, 0.05) is 32.1 Å². The highest BCUT2D eigenvalue weighted by Gasteiger charge is 2.27. The van der Waals surface area contributed by atoms with Crippen LogP contribution in [0, 0.1) is 13.8 Å². The summed E-state index contributed by atoms with van der Waals surface area (Å²) in [5.41, 5.74) is 5.16. The van der Waals surface area contributed by atoms with Gasteiger partial charge in [-0.05, 0) is 50.3 Å². The molecule has 170 valence electrons. The van der Waals surface area contributed by atoms with Gasteiger partial charge in [0.25, 0.3) is 0 Å². The molecule has 0 radical (unpaired) electrons. The first-order valence-corrected chi connectivity index (χ1v) is 11.3. The van der Waals surface area contributed by atoms with Crippen LogP contribution in [-0.4, -0.2) is 62.7 Å². The van der Waals surface area contributed by atoms with Crippen molar-refractivity contribution < 1.29 is 10.2 Å². The van der Waals surface area contributed by atoms with Crippen LogP contribution in [0.2, 0.25) is 0 Å². The van der Waals surface area contributed by atoms with Crippen molar-refractivity contribution in [3.8, 4) is 0 Å². The lowest BCUT2D eigenvalue weighted by molar-refractivity contribution is 0.0919. The molecular weight excluding hydrogens is 404 g/mol. The van der Waals surface area contributed by atoms with E-state index in [1.165, 1.54) is 22.9 Å². The third kappa shape index (κ3) is 4.66. The first kappa shape index (κ1) is 22.4. The van der Waals surface area contributed by atoms with E-state index in [2.05, 4.69) is 69.0 Å². The molecule has 4 rings (SSSR count). The summed E-state index contributed by atoms with van der Waals surface area (Å²) < 4.78 is 0. The number of piperazine rings is 1. The molecule has 2 N–H and O–H groups in total. The lowest BCUT2D eigenvalue weighted by Gasteiger charge is -2.41. The fraction of sp³-hybridized carbons (Fsp3) is 0.500. The molecule has 2 aliphatic rings. The Labute approximate surface area is 189 Å². The van der Waals surface area contributed by atoms with Gasteiger partial charge in [0.05, 0.1) is 30.4 Å². The van der Waals surface area contributed by atoms with E-state index in [9.17, 15) is 5.11 Å². The van der Waals surface area contributed by atoms with Gasteiger partial charge in [-0.15, -0.1) is 5.10 Å². The van der Waals surface area contributed by atoms with Crippen LogP contribution in [0.5, 0.6) is 0 Å². The van der Waals surface area contributed by atoms with E-state index >= 15 is 0 Å². The van der Waals surface area contributed by atoms with Crippen molar-refractivity contribution in [2.45, 2.75) is 52.2 Å². The van der Waals surface area contributed by atoms with Crippen LogP contribution in [0.25, 0.3) is 0 Å². The normalized spacial score (nSPS) is 19.8. The van der Waals surface area contributed by atoms with E-state index in [1.54, 1.807) is 6.20 Å². The van der Waals surface area contributed by atoms with Crippen molar-refractivity contribution in [2.24, 2.45) is 0 Å². The van der Waals surface area contributed by atoms with Gasteiger partial charge in [-0.25, -0.2) is 4.98 Å². The van der Waals surface area contributed by atoms with Gasteiger partial charge in [-0.1, -0.05) is 18.2 Å². The maximum Gasteiger partial charge on any atom is 0.154 e. The first-order valence-electron chi connectivity index (χ1n) is 11.3. The summed E-state index contributed by atoms with van der Waals surface area (Å²) in [4.78, 5) is 13.2. The number of anilines is 2. The van der Waals surface area contributed by atoms with Crippen molar-refractivity contribution >= 4 is 11.6 Å². The Balaban J connectivity index is 1.45. The number of hydrogen-bond acceptors (Lipinski definition) is 8. The average molecular weight is 437 g/mol. The largest absolute Gasteiger partial charge is 0.393 e. The van der Waals surface area contributed by atoms with Crippen molar-refractivity contribution in [3.05, 3.63) is 58.7 Å². The molecule has 8 heteroatoms. The summed E-state index contributed by atoms with van der Waals surface area (Å²) in [6.45, 7) is 8.50. The number of aliphatic hydroxyl groups is 2. The minimum Gasteiger partial charge on any atom is -0.393 e. The zero-order chi connectivity index (χ0) is 22.7. The van der Waals surface area contributed by atoms with E-state index in [-0.39, 0.29) is 12.6 Å². The fourth-order valence-electron chi connectivity index (χ4n) is 4.34. The molecule has 2 aromatic rings. The number of aromatic nitrogens is 4. The molecule has 0 spiro atoms. The molecule has 2 aromatic heterocycles. The van der Waals surface area contributed by atoms with E-state index in [0.29, 0.717) is 5.69 Å². The Morgan fingerprint density at radius 1 is 1.09 bits per heavy atom. The Hall–Kier alpha value is -2.84. The second kappa shape index (κ2) is 9.75. The molecule has 1 fully saturated rings. The molecule has 0 aromatic carbocycles. The van der Waals surface area contributed by atoms with Crippen LogP contribution in [0.15, 0.2) is 36.2 Å². The smallest absolute Gasteiger partial charge is 0.154 e. The van der Waals surface area contributed by atoms with Gasteiger partial charge in [-0.3, -0.25) is 4.98 Å². The van der Waals surface area contributed by atoms with E-state index in [0.717, 1.165) is 56.2 Å². The highest BCUT2D eigenvalue weighted by molar-refractivity contribution is 5.53. The number of rotatable bonds is 6. The lowest BCUT2D eigenvalue weighted by atomic mass is 9.99. The molecule has 8 nitrogen and oxygen atoms in total. The number of hydrogen-bond donors (Lipinski definition) is 2.